The number of carbonyl (C=O) groups excluding carboxylic acids is 2. The van der Waals surface area contributed by atoms with Crippen molar-refractivity contribution in [3.8, 4) is 17.2 Å². The van der Waals surface area contributed by atoms with Gasteiger partial charge in [-0.3, -0.25) is 9.59 Å². The molecule has 0 aliphatic heterocycles. The first-order valence-electron chi connectivity index (χ1n) is 11.0. The first-order chi connectivity index (χ1) is 16.0. The topological polar surface area (TPSA) is 99.5 Å². The standard InChI is InChI=1S/C24H32N2O7/c1-29-13-11-26(24(28)18-10-7-12-33-18)21(23(27)25-17-8-5-6-9-17)16-14-19(30-2)22(32-4)20(15-16)31-3/h7,10,12,14-15,17,21H,5-6,8-9,11,13H2,1-4H3,(H,25,27)/t21-/m1/s1. The van der Waals surface area contributed by atoms with Crippen molar-refractivity contribution in [2.24, 2.45) is 0 Å². The molecule has 0 radical (unpaired) electrons. The van der Waals surface area contributed by atoms with Crippen LogP contribution in [-0.4, -0.2) is 64.3 Å². The average molecular weight is 461 g/mol. The minimum atomic E-state index is -0.966. The molecule has 9 heteroatoms. The molecule has 0 bridgehead atoms. The van der Waals surface area contributed by atoms with Gasteiger partial charge in [-0.05, 0) is 42.7 Å². The minimum absolute atomic E-state index is 0.0741. The van der Waals surface area contributed by atoms with Gasteiger partial charge in [0.05, 0.1) is 34.2 Å². The molecule has 1 heterocycles. The monoisotopic (exact) mass is 460 g/mol. The van der Waals surface area contributed by atoms with E-state index in [-0.39, 0.29) is 30.9 Å². The molecule has 0 spiro atoms. The molecular formula is C24H32N2O7. The van der Waals surface area contributed by atoms with E-state index in [9.17, 15) is 9.59 Å². The maximum absolute atomic E-state index is 13.6. The Morgan fingerprint density at radius 3 is 2.27 bits per heavy atom. The molecule has 1 aliphatic rings. The van der Waals surface area contributed by atoms with Crippen molar-refractivity contribution >= 4 is 11.8 Å². The first-order valence-corrected chi connectivity index (χ1v) is 11.0. The minimum Gasteiger partial charge on any atom is -0.493 e. The number of rotatable bonds is 11. The second-order valence-electron chi connectivity index (χ2n) is 7.82. The number of nitrogens with zero attached hydrogens (tertiary/aromatic N) is 1. The number of furan rings is 1. The predicted octanol–water partition coefficient (Wildman–Crippen LogP) is 3.19. The summed E-state index contributed by atoms with van der Waals surface area (Å²) in [7, 11) is 6.06. The molecule has 1 N–H and O–H groups in total. The van der Waals surface area contributed by atoms with Crippen LogP contribution in [0.4, 0.5) is 0 Å². The number of ether oxygens (including phenoxy) is 4. The summed E-state index contributed by atoms with van der Waals surface area (Å²) in [6, 6.07) is 5.69. The molecule has 0 saturated heterocycles. The van der Waals surface area contributed by atoms with Gasteiger partial charge < -0.3 is 33.6 Å². The molecule has 33 heavy (non-hydrogen) atoms. The Hall–Kier alpha value is -3.20. The maximum Gasteiger partial charge on any atom is 0.290 e. The zero-order chi connectivity index (χ0) is 23.8. The molecule has 2 amide bonds. The SMILES string of the molecule is COCCN(C(=O)c1ccco1)[C@@H](C(=O)NC1CCCC1)c1cc(OC)c(OC)c(OC)c1. The average Bonchev–Trinajstić information content (AvgIpc) is 3.54. The summed E-state index contributed by atoms with van der Waals surface area (Å²) >= 11 is 0. The fourth-order valence-electron chi connectivity index (χ4n) is 4.16. The van der Waals surface area contributed by atoms with E-state index < -0.39 is 11.9 Å². The molecule has 3 rings (SSSR count). The molecule has 1 fully saturated rings. The molecule has 180 valence electrons. The van der Waals surface area contributed by atoms with E-state index in [2.05, 4.69) is 5.32 Å². The van der Waals surface area contributed by atoms with E-state index >= 15 is 0 Å². The van der Waals surface area contributed by atoms with Crippen molar-refractivity contribution < 1.29 is 33.0 Å². The molecule has 0 unspecified atom stereocenters. The predicted molar refractivity (Wildman–Crippen MR) is 121 cm³/mol. The van der Waals surface area contributed by atoms with Gasteiger partial charge in [-0.15, -0.1) is 0 Å². The maximum atomic E-state index is 13.6. The number of carbonyl (C=O) groups is 2. The van der Waals surface area contributed by atoms with E-state index in [1.807, 2.05) is 0 Å². The summed E-state index contributed by atoms with van der Waals surface area (Å²) in [5.41, 5.74) is 0.524. The Morgan fingerprint density at radius 1 is 1.09 bits per heavy atom. The normalized spacial score (nSPS) is 14.5. The van der Waals surface area contributed by atoms with Crippen LogP contribution < -0.4 is 19.5 Å². The quantitative estimate of drug-likeness (QED) is 0.550. The fraction of sp³-hybridized carbons (Fsp3) is 0.500. The van der Waals surface area contributed by atoms with Crippen molar-refractivity contribution in [1.29, 1.82) is 0 Å². The summed E-state index contributed by atoms with van der Waals surface area (Å²) in [6.45, 7) is 0.416. The molecule has 1 atom stereocenters. The van der Waals surface area contributed by atoms with Crippen LogP contribution in [0.25, 0.3) is 0 Å². The number of methoxy groups -OCH3 is 4. The Balaban J connectivity index is 2.09. The lowest BCUT2D eigenvalue weighted by Gasteiger charge is -2.32. The van der Waals surface area contributed by atoms with E-state index in [1.165, 1.54) is 32.5 Å². The second kappa shape index (κ2) is 11.6. The van der Waals surface area contributed by atoms with E-state index in [0.717, 1.165) is 25.7 Å². The molecule has 1 aromatic heterocycles. The zero-order valence-corrected chi connectivity index (χ0v) is 19.6. The van der Waals surface area contributed by atoms with Crippen LogP contribution in [-0.2, 0) is 9.53 Å². The molecular weight excluding hydrogens is 428 g/mol. The van der Waals surface area contributed by atoms with E-state index in [1.54, 1.807) is 31.4 Å². The van der Waals surface area contributed by atoms with Gasteiger partial charge in [-0.2, -0.15) is 0 Å². The smallest absolute Gasteiger partial charge is 0.290 e. The van der Waals surface area contributed by atoms with Gasteiger partial charge in [0.2, 0.25) is 11.7 Å². The van der Waals surface area contributed by atoms with Gasteiger partial charge >= 0.3 is 0 Å². The molecule has 9 nitrogen and oxygen atoms in total. The number of hydrogen-bond acceptors (Lipinski definition) is 7. The Labute approximate surface area is 193 Å². The summed E-state index contributed by atoms with van der Waals surface area (Å²) in [4.78, 5) is 28.5. The van der Waals surface area contributed by atoms with Crippen LogP contribution in [0, 0.1) is 0 Å². The lowest BCUT2D eigenvalue weighted by molar-refractivity contribution is -0.126. The van der Waals surface area contributed by atoms with Crippen LogP contribution in [0.5, 0.6) is 17.2 Å². The highest BCUT2D eigenvalue weighted by molar-refractivity contribution is 5.96. The van der Waals surface area contributed by atoms with E-state index in [4.69, 9.17) is 23.4 Å². The van der Waals surface area contributed by atoms with Crippen LogP contribution in [0.3, 0.4) is 0 Å². The molecule has 2 aromatic rings. The zero-order valence-electron chi connectivity index (χ0n) is 19.6. The molecule has 1 aromatic carbocycles. The van der Waals surface area contributed by atoms with Crippen LogP contribution in [0.15, 0.2) is 34.9 Å². The Bertz CT molecular complexity index is 898. The Morgan fingerprint density at radius 2 is 1.76 bits per heavy atom. The van der Waals surface area contributed by atoms with Gasteiger partial charge in [0.25, 0.3) is 5.91 Å². The van der Waals surface area contributed by atoms with Crippen LogP contribution in [0.1, 0.15) is 47.8 Å². The van der Waals surface area contributed by atoms with Gasteiger partial charge in [0, 0.05) is 19.7 Å². The van der Waals surface area contributed by atoms with Crippen molar-refractivity contribution in [3.05, 3.63) is 41.9 Å². The van der Waals surface area contributed by atoms with Gasteiger partial charge in [-0.25, -0.2) is 0 Å². The summed E-state index contributed by atoms with van der Waals surface area (Å²) < 4.78 is 27.0. The van der Waals surface area contributed by atoms with Crippen molar-refractivity contribution in [2.75, 3.05) is 41.6 Å². The third-order valence-corrected chi connectivity index (χ3v) is 5.79. The number of benzene rings is 1. The number of hydrogen-bond donors (Lipinski definition) is 1. The fourth-order valence-corrected chi connectivity index (χ4v) is 4.16. The highest BCUT2D eigenvalue weighted by Gasteiger charge is 2.35. The largest absolute Gasteiger partial charge is 0.493 e. The van der Waals surface area contributed by atoms with Gasteiger partial charge in [0.1, 0.15) is 6.04 Å². The number of amides is 2. The lowest BCUT2D eigenvalue weighted by atomic mass is 10.0. The molecule has 1 aliphatic carbocycles. The lowest BCUT2D eigenvalue weighted by Crippen LogP contribution is -2.47. The van der Waals surface area contributed by atoms with Gasteiger partial charge in [0.15, 0.2) is 17.3 Å². The highest BCUT2D eigenvalue weighted by Crippen LogP contribution is 2.41. The van der Waals surface area contributed by atoms with Crippen LogP contribution >= 0.6 is 0 Å². The third-order valence-electron chi connectivity index (χ3n) is 5.79. The van der Waals surface area contributed by atoms with Crippen molar-refractivity contribution in [2.45, 2.75) is 37.8 Å². The number of nitrogens with one attached hydrogen (secondary N) is 1. The first kappa shape index (κ1) is 24.4. The van der Waals surface area contributed by atoms with Crippen molar-refractivity contribution in [3.63, 3.8) is 0 Å². The summed E-state index contributed by atoms with van der Waals surface area (Å²) in [5, 5.41) is 3.12. The summed E-state index contributed by atoms with van der Waals surface area (Å²) in [5.74, 6) is 0.617. The highest BCUT2D eigenvalue weighted by atomic mass is 16.5. The van der Waals surface area contributed by atoms with Crippen LogP contribution in [0.2, 0.25) is 0 Å². The van der Waals surface area contributed by atoms with Gasteiger partial charge in [-0.1, -0.05) is 12.8 Å². The summed E-state index contributed by atoms with van der Waals surface area (Å²) in [6.07, 6.45) is 5.39. The van der Waals surface area contributed by atoms with E-state index in [0.29, 0.717) is 22.8 Å². The second-order valence-corrected chi connectivity index (χ2v) is 7.82. The van der Waals surface area contributed by atoms with Crippen molar-refractivity contribution in [1.82, 2.24) is 10.2 Å². The third kappa shape index (κ3) is 5.60. The molecule has 1 saturated carbocycles. The Kier molecular flexibility index (Phi) is 8.59.